The fourth-order valence-electron chi connectivity index (χ4n) is 1.75. The maximum Gasteiger partial charge on any atom is 0.358 e. The van der Waals surface area contributed by atoms with Gasteiger partial charge in [-0.3, -0.25) is 9.67 Å². The van der Waals surface area contributed by atoms with Gasteiger partial charge in [0.1, 0.15) is 5.75 Å². The smallest absolute Gasteiger partial charge is 0.358 e. The topological polar surface area (TPSA) is 103 Å². The number of carboxylic acid groups (broad SMARTS) is 1. The van der Waals surface area contributed by atoms with Crippen molar-refractivity contribution in [2.45, 2.75) is 13.5 Å². The van der Waals surface area contributed by atoms with Gasteiger partial charge in [-0.25, -0.2) is 4.79 Å². The summed E-state index contributed by atoms with van der Waals surface area (Å²) in [5.74, 6) is -0.452. The van der Waals surface area contributed by atoms with Crippen LogP contribution in [0.1, 0.15) is 21.9 Å². The van der Waals surface area contributed by atoms with Crippen LogP contribution in [0.15, 0.2) is 18.3 Å². The zero-order valence-electron chi connectivity index (χ0n) is 10.6. The number of aromatic carboxylic acids is 1. The van der Waals surface area contributed by atoms with Crippen molar-refractivity contribution in [1.29, 1.82) is 0 Å². The summed E-state index contributed by atoms with van der Waals surface area (Å²) < 4.78 is 6.60. The predicted octanol–water partition coefficient (Wildman–Crippen LogP) is 0.924. The van der Waals surface area contributed by atoms with E-state index in [0.29, 0.717) is 12.3 Å². The van der Waals surface area contributed by atoms with E-state index in [0.717, 1.165) is 11.4 Å². The third-order valence-corrected chi connectivity index (χ3v) is 2.53. The molecule has 0 aliphatic heterocycles. The molecule has 0 saturated carbocycles. The Bertz CT molecular complexity index is 621. The fraction of sp³-hybridized carbons (Fsp3) is 0.250. The molecular weight excluding hydrogens is 248 g/mol. The van der Waals surface area contributed by atoms with Crippen molar-refractivity contribution in [3.63, 3.8) is 0 Å². The monoisotopic (exact) mass is 262 g/mol. The molecular formula is C12H14N4O3. The number of rotatable bonds is 4. The van der Waals surface area contributed by atoms with Crippen LogP contribution < -0.4 is 10.5 Å². The van der Waals surface area contributed by atoms with Crippen molar-refractivity contribution >= 4 is 11.7 Å². The Labute approximate surface area is 109 Å². The largest absolute Gasteiger partial charge is 0.497 e. The highest BCUT2D eigenvalue weighted by Gasteiger charge is 2.13. The van der Waals surface area contributed by atoms with E-state index in [9.17, 15) is 4.79 Å². The van der Waals surface area contributed by atoms with Gasteiger partial charge in [-0.2, -0.15) is 5.10 Å². The van der Waals surface area contributed by atoms with E-state index in [2.05, 4.69) is 10.1 Å². The Hall–Kier alpha value is -2.57. The Morgan fingerprint density at radius 3 is 2.84 bits per heavy atom. The van der Waals surface area contributed by atoms with Gasteiger partial charge < -0.3 is 15.6 Å². The predicted molar refractivity (Wildman–Crippen MR) is 68.2 cm³/mol. The summed E-state index contributed by atoms with van der Waals surface area (Å²) in [6.45, 7) is 2.18. The van der Waals surface area contributed by atoms with Crippen LogP contribution in [0.3, 0.4) is 0 Å². The van der Waals surface area contributed by atoms with Gasteiger partial charge in [0.2, 0.25) is 0 Å². The summed E-state index contributed by atoms with van der Waals surface area (Å²) in [7, 11) is 1.58. The van der Waals surface area contributed by atoms with Gasteiger partial charge in [-0.15, -0.1) is 0 Å². The summed E-state index contributed by atoms with van der Waals surface area (Å²) in [6, 6.07) is 3.58. The Balaban J connectivity index is 2.28. The first-order valence-electron chi connectivity index (χ1n) is 5.57. The number of ether oxygens (including phenoxy) is 1. The highest BCUT2D eigenvalue weighted by molar-refractivity contribution is 5.91. The van der Waals surface area contributed by atoms with E-state index in [1.54, 1.807) is 13.2 Å². The second-order valence-corrected chi connectivity index (χ2v) is 4.08. The maximum absolute atomic E-state index is 10.9. The number of carbonyl (C=O) groups is 1. The lowest BCUT2D eigenvalue weighted by Crippen LogP contribution is -2.06. The van der Waals surface area contributed by atoms with Crippen LogP contribution in [0, 0.1) is 6.92 Å². The van der Waals surface area contributed by atoms with E-state index in [1.807, 2.05) is 13.0 Å². The Morgan fingerprint density at radius 1 is 1.53 bits per heavy atom. The van der Waals surface area contributed by atoms with Crippen LogP contribution in [0.2, 0.25) is 0 Å². The van der Waals surface area contributed by atoms with E-state index in [4.69, 9.17) is 15.6 Å². The lowest BCUT2D eigenvalue weighted by Gasteiger charge is -2.06. The maximum atomic E-state index is 10.9. The van der Waals surface area contributed by atoms with Crippen molar-refractivity contribution in [1.82, 2.24) is 14.8 Å². The van der Waals surface area contributed by atoms with Gasteiger partial charge in [0.25, 0.3) is 0 Å². The van der Waals surface area contributed by atoms with Crippen molar-refractivity contribution < 1.29 is 14.6 Å². The number of nitrogen functional groups attached to an aromatic ring is 1. The van der Waals surface area contributed by atoms with Crippen molar-refractivity contribution in [3.05, 3.63) is 35.4 Å². The third-order valence-electron chi connectivity index (χ3n) is 2.53. The average molecular weight is 262 g/mol. The molecule has 2 aromatic rings. The molecule has 2 aromatic heterocycles. The summed E-state index contributed by atoms with van der Waals surface area (Å²) >= 11 is 0. The molecule has 0 saturated heterocycles. The quantitative estimate of drug-likeness (QED) is 0.849. The van der Waals surface area contributed by atoms with Crippen LogP contribution in [0.4, 0.5) is 5.69 Å². The van der Waals surface area contributed by atoms with E-state index in [-0.39, 0.29) is 11.4 Å². The first kappa shape index (κ1) is 12.9. The molecule has 3 N–H and O–H groups in total. The Kier molecular flexibility index (Phi) is 3.37. The molecule has 0 aromatic carbocycles. The molecule has 0 aliphatic rings. The normalized spacial score (nSPS) is 10.4. The summed E-state index contributed by atoms with van der Waals surface area (Å²) in [5.41, 5.74) is 7.08. The van der Waals surface area contributed by atoms with E-state index < -0.39 is 5.97 Å². The first-order chi connectivity index (χ1) is 8.99. The molecule has 7 nitrogen and oxygen atoms in total. The number of aromatic nitrogens is 3. The summed E-state index contributed by atoms with van der Waals surface area (Å²) in [6.07, 6.45) is 1.47. The lowest BCUT2D eigenvalue weighted by molar-refractivity contribution is 0.0690. The van der Waals surface area contributed by atoms with Crippen LogP contribution in [0.25, 0.3) is 0 Å². The molecule has 0 amide bonds. The second kappa shape index (κ2) is 4.97. The lowest BCUT2D eigenvalue weighted by atomic mass is 10.3. The van der Waals surface area contributed by atoms with Crippen molar-refractivity contribution in [2.24, 2.45) is 0 Å². The van der Waals surface area contributed by atoms with Crippen molar-refractivity contribution in [2.75, 3.05) is 12.8 Å². The molecule has 2 heterocycles. The average Bonchev–Trinajstić information content (AvgIpc) is 2.69. The highest BCUT2D eigenvalue weighted by atomic mass is 16.5. The number of methoxy groups -OCH3 is 1. The number of nitrogens with two attached hydrogens (primary N) is 1. The second-order valence-electron chi connectivity index (χ2n) is 4.08. The molecule has 2 rings (SSSR count). The van der Waals surface area contributed by atoms with Gasteiger partial charge >= 0.3 is 5.97 Å². The number of aryl methyl sites for hydroxylation is 1. The molecule has 100 valence electrons. The molecule has 0 spiro atoms. The standard InChI is InChI=1S/C12H14N4O3/c1-7-3-9(19-2)4-8(14-7)5-16-6-10(13)11(15-16)12(17)18/h3-4,6H,5,13H2,1-2H3,(H,17,18). The molecule has 0 radical (unpaired) electrons. The van der Waals surface area contributed by atoms with Crippen LogP contribution in [-0.4, -0.2) is 33.0 Å². The minimum absolute atomic E-state index is 0.132. The van der Waals surface area contributed by atoms with Crippen molar-refractivity contribution in [3.8, 4) is 5.75 Å². The summed E-state index contributed by atoms with van der Waals surface area (Å²) in [4.78, 5) is 15.2. The number of hydrogen-bond acceptors (Lipinski definition) is 5. The minimum atomic E-state index is -1.15. The molecule has 19 heavy (non-hydrogen) atoms. The van der Waals surface area contributed by atoms with Crippen LogP contribution >= 0.6 is 0 Å². The molecule has 0 fully saturated rings. The third kappa shape index (κ3) is 2.82. The van der Waals surface area contributed by atoms with Gasteiger partial charge in [-0.05, 0) is 6.92 Å². The SMILES string of the molecule is COc1cc(C)nc(Cn2cc(N)c(C(=O)O)n2)c1. The first-order valence-corrected chi connectivity index (χ1v) is 5.57. The molecule has 0 atom stereocenters. The Morgan fingerprint density at radius 2 is 2.26 bits per heavy atom. The number of anilines is 1. The van der Waals surface area contributed by atoms with Gasteiger partial charge in [-0.1, -0.05) is 0 Å². The molecule has 0 unspecified atom stereocenters. The van der Waals surface area contributed by atoms with Gasteiger partial charge in [0.15, 0.2) is 5.69 Å². The zero-order chi connectivity index (χ0) is 14.0. The minimum Gasteiger partial charge on any atom is -0.497 e. The van der Waals surface area contributed by atoms with Gasteiger partial charge in [0, 0.05) is 24.0 Å². The van der Waals surface area contributed by atoms with Gasteiger partial charge in [0.05, 0.1) is 25.0 Å². The molecule has 7 heteroatoms. The number of carboxylic acids is 1. The molecule has 0 bridgehead atoms. The number of hydrogen-bond donors (Lipinski definition) is 2. The van der Waals surface area contributed by atoms with E-state index in [1.165, 1.54) is 10.9 Å². The highest BCUT2D eigenvalue weighted by Crippen LogP contribution is 2.15. The van der Waals surface area contributed by atoms with Crippen LogP contribution in [-0.2, 0) is 6.54 Å². The number of pyridine rings is 1. The zero-order valence-corrected chi connectivity index (χ0v) is 10.6. The van der Waals surface area contributed by atoms with Crippen LogP contribution in [0.5, 0.6) is 5.75 Å². The fourth-order valence-corrected chi connectivity index (χ4v) is 1.75. The number of nitrogens with zero attached hydrogens (tertiary/aromatic N) is 3. The summed E-state index contributed by atoms with van der Waals surface area (Å²) in [5, 5.41) is 12.8. The molecule has 0 aliphatic carbocycles. The van der Waals surface area contributed by atoms with E-state index >= 15 is 0 Å².